The number of nitrogens with one attached hydrogen (secondary N) is 1. The van der Waals surface area contributed by atoms with E-state index in [4.69, 9.17) is 37.1 Å². The van der Waals surface area contributed by atoms with Gasteiger partial charge in [-0.2, -0.15) is 0 Å². The number of furan rings is 1. The number of pyridine rings is 1. The van der Waals surface area contributed by atoms with Crippen molar-refractivity contribution in [3.8, 4) is 5.75 Å². The number of hydrogen-bond acceptors (Lipinski definition) is 6. The molecule has 1 aromatic carbocycles. The van der Waals surface area contributed by atoms with Crippen molar-refractivity contribution < 1.29 is 23.5 Å². The number of aromatic nitrogens is 1. The number of carbonyl (C=O) groups is 2. The third-order valence-corrected chi connectivity index (χ3v) is 4.18. The van der Waals surface area contributed by atoms with Crippen molar-refractivity contribution in [3.05, 3.63) is 76.3 Å². The number of amides is 1. The van der Waals surface area contributed by atoms with Gasteiger partial charge in [0.25, 0.3) is 5.91 Å². The summed E-state index contributed by atoms with van der Waals surface area (Å²) in [7, 11) is 0. The zero-order valence-corrected chi connectivity index (χ0v) is 16.7. The summed E-state index contributed by atoms with van der Waals surface area (Å²) in [5.41, 5.74) is 0. The SMILES string of the molecule is C[C@H](OC(=O)c1ccc(COc2ccccc2)o1)C(=O)Nc1ncc(Cl)cc1Cl. The number of para-hydroxylation sites is 1. The minimum Gasteiger partial charge on any atom is -0.486 e. The first kappa shape index (κ1) is 20.7. The lowest BCUT2D eigenvalue weighted by molar-refractivity contribution is -0.123. The number of carbonyl (C=O) groups excluding carboxylic acids is 2. The van der Waals surface area contributed by atoms with Crippen LogP contribution in [0, 0.1) is 0 Å². The van der Waals surface area contributed by atoms with Gasteiger partial charge in [0.2, 0.25) is 5.76 Å². The summed E-state index contributed by atoms with van der Waals surface area (Å²) >= 11 is 11.7. The molecule has 0 aliphatic carbocycles. The second kappa shape index (κ2) is 9.45. The van der Waals surface area contributed by atoms with Gasteiger partial charge in [-0.15, -0.1) is 0 Å². The van der Waals surface area contributed by atoms with Gasteiger partial charge in [0.05, 0.1) is 10.0 Å². The maximum atomic E-state index is 12.2. The lowest BCUT2D eigenvalue weighted by Gasteiger charge is -2.13. The molecule has 0 aliphatic rings. The molecule has 3 aromatic rings. The van der Waals surface area contributed by atoms with Crippen LogP contribution in [0.3, 0.4) is 0 Å². The van der Waals surface area contributed by atoms with Gasteiger partial charge < -0.3 is 19.2 Å². The second-order valence-electron chi connectivity index (χ2n) is 5.89. The fourth-order valence-electron chi connectivity index (χ4n) is 2.23. The highest BCUT2D eigenvalue weighted by molar-refractivity contribution is 6.36. The Balaban J connectivity index is 1.54. The molecule has 1 atom stereocenters. The van der Waals surface area contributed by atoms with Gasteiger partial charge >= 0.3 is 5.97 Å². The first-order valence-electron chi connectivity index (χ1n) is 8.52. The summed E-state index contributed by atoms with van der Waals surface area (Å²) in [6.07, 6.45) is 0.229. The van der Waals surface area contributed by atoms with Gasteiger partial charge in [0.15, 0.2) is 11.9 Å². The van der Waals surface area contributed by atoms with Gasteiger partial charge in [-0.3, -0.25) is 4.79 Å². The molecule has 1 amide bonds. The molecule has 0 fully saturated rings. The second-order valence-corrected chi connectivity index (χ2v) is 6.73. The molecule has 9 heteroatoms. The van der Waals surface area contributed by atoms with E-state index >= 15 is 0 Å². The summed E-state index contributed by atoms with van der Waals surface area (Å²) in [4.78, 5) is 28.3. The number of halogens is 2. The van der Waals surface area contributed by atoms with Crippen molar-refractivity contribution in [2.45, 2.75) is 19.6 Å². The van der Waals surface area contributed by atoms with E-state index in [1.165, 1.54) is 25.3 Å². The quantitative estimate of drug-likeness (QED) is 0.539. The number of benzene rings is 1. The molecule has 3 rings (SSSR count). The van der Waals surface area contributed by atoms with Crippen LogP contribution in [-0.4, -0.2) is 23.0 Å². The fourth-order valence-corrected chi connectivity index (χ4v) is 2.66. The zero-order chi connectivity index (χ0) is 20.8. The van der Waals surface area contributed by atoms with E-state index in [1.807, 2.05) is 18.2 Å². The lowest BCUT2D eigenvalue weighted by atomic mass is 10.3. The van der Waals surface area contributed by atoms with Gasteiger partial charge in [-0.25, -0.2) is 9.78 Å². The third kappa shape index (κ3) is 5.73. The van der Waals surface area contributed by atoms with E-state index in [0.29, 0.717) is 16.5 Å². The number of nitrogens with zero attached hydrogens (tertiary/aromatic N) is 1. The molecular weight excluding hydrogens is 419 g/mol. The minimum atomic E-state index is -1.11. The maximum absolute atomic E-state index is 12.2. The Bertz CT molecular complexity index is 1010. The Morgan fingerprint density at radius 3 is 2.66 bits per heavy atom. The van der Waals surface area contributed by atoms with Crippen LogP contribution in [-0.2, 0) is 16.1 Å². The molecule has 0 spiro atoms. The lowest BCUT2D eigenvalue weighted by Crippen LogP contribution is -2.30. The molecule has 150 valence electrons. The van der Waals surface area contributed by atoms with Gasteiger partial charge in [0.1, 0.15) is 18.1 Å². The fraction of sp³-hybridized carbons (Fsp3) is 0.150. The largest absolute Gasteiger partial charge is 0.486 e. The average molecular weight is 435 g/mol. The van der Waals surface area contributed by atoms with Crippen LogP contribution in [0.15, 0.2) is 59.1 Å². The molecule has 7 nitrogen and oxygen atoms in total. The van der Waals surface area contributed by atoms with Crippen molar-refractivity contribution in [1.29, 1.82) is 0 Å². The molecule has 0 saturated carbocycles. The smallest absolute Gasteiger partial charge is 0.375 e. The highest BCUT2D eigenvalue weighted by Crippen LogP contribution is 2.23. The molecule has 0 saturated heterocycles. The van der Waals surface area contributed by atoms with Gasteiger partial charge in [-0.1, -0.05) is 41.4 Å². The van der Waals surface area contributed by atoms with Crippen molar-refractivity contribution in [1.82, 2.24) is 4.98 Å². The van der Waals surface area contributed by atoms with Gasteiger partial charge in [0, 0.05) is 6.20 Å². The highest BCUT2D eigenvalue weighted by Gasteiger charge is 2.22. The summed E-state index contributed by atoms with van der Waals surface area (Å²) < 4.78 is 16.1. The van der Waals surface area contributed by atoms with Crippen molar-refractivity contribution >= 4 is 40.9 Å². The van der Waals surface area contributed by atoms with E-state index in [0.717, 1.165) is 0 Å². The molecule has 0 unspecified atom stereocenters. The molecular formula is C20H16Cl2N2O5. The number of rotatable bonds is 7. The molecule has 0 aliphatic heterocycles. The van der Waals surface area contributed by atoms with E-state index in [9.17, 15) is 9.59 Å². The molecule has 0 radical (unpaired) electrons. The number of ether oxygens (including phenoxy) is 2. The summed E-state index contributed by atoms with van der Waals surface area (Å²) in [6.45, 7) is 1.56. The molecule has 2 heterocycles. The molecule has 29 heavy (non-hydrogen) atoms. The predicted molar refractivity (Wildman–Crippen MR) is 107 cm³/mol. The summed E-state index contributed by atoms with van der Waals surface area (Å²) in [5, 5.41) is 2.97. The van der Waals surface area contributed by atoms with Crippen molar-refractivity contribution in [2.24, 2.45) is 0 Å². The average Bonchev–Trinajstić information content (AvgIpc) is 3.18. The van der Waals surface area contributed by atoms with E-state index < -0.39 is 18.0 Å². The van der Waals surface area contributed by atoms with E-state index in [-0.39, 0.29) is 23.2 Å². The van der Waals surface area contributed by atoms with Crippen molar-refractivity contribution in [2.75, 3.05) is 5.32 Å². The summed E-state index contributed by atoms with van der Waals surface area (Å²) in [6, 6.07) is 13.7. The van der Waals surface area contributed by atoms with E-state index in [2.05, 4.69) is 10.3 Å². The Morgan fingerprint density at radius 1 is 1.17 bits per heavy atom. The normalized spacial score (nSPS) is 11.6. The third-order valence-electron chi connectivity index (χ3n) is 3.69. The van der Waals surface area contributed by atoms with Crippen LogP contribution in [0.5, 0.6) is 5.75 Å². The van der Waals surface area contributed by atoms with Crippen LogP contribution in [0.25, 0.3) is 0 Å². The van der Waals surface area contributed by atoms with Crippen molar-refractivity contribution in [3.63, 3.8) is 0 Å². The predicted octanol–water partition coefficient (Wildman–Crippen LogP) is 4.74. The standard InChI is InChI=1S/C20H16Cl2N2O5/c1-12(19(25)24-18-16(22)9-13(21)10-23-18)28-20(26)17-8-7-15(29-17)11-27-14-5-3-2-4-6-14/h2-10,12H,11H2,1H3,(H,23,24,25)/t12-/m0/s1. The topological polar surface area (TPSA) is 90.7 Å². The molecule has 1 N–H and O–H groups in total. The monoisotopic (exact) mass is 434 g/mol. The maximum Gasteiger partial charge on any atom is 0.375 e. The minimum absolute atomic E-state index is 0.0426. The molecule has 2 aromatic heterocycles. The van der Waals surface area contributed by atoms with Gasteiger partial charge in [-0.05, 0) is 37.3 Å². The molecule has 0 bridgehead atoms. The number of anilines is 1. The number of esters is 1. The number of hydrogen-bond donors (Lipinski definition) is 1. The Morgan fingerprint density at radius 2 is 1.93 bits per heavy atom. The first-order valence-corrected chi connectivity index (χ1v) is 9.27. The van der Waals surface area contributed by atoms with Crippen LogP contribution < -0.4 is 10.1 Å². The first-order chi connectivity index (χ1) is 13.9. The summed E-state index contributed by atoms with van der Waals surface area (Å²) in [5.74, 6) is -0.202. The van der Waals surface area contributed by atoms with Crippen LogP contribution in [0.4, 0.5) is 5.82 Å². The highest BCUT2D eigenvalue weighted by atomic mass is 35.5. The Hall–Kier alpha value is -3.03. The Labute approximate surface area is 176 Å². The van der Waals surface area contributed by atoms with Crippen LogP contribution in [0.2, 0.25) is 10.0 Å². The zero-order valence-electron chi connectivity index (χ0n) is 15.2. The van der Waals surface area contributed by atoms with E-state index in [1.54, 1.807) is 18.2 Å². The van der Waals surface area contributed by atoms with Crippen LogP contribution in [0.1, 0.15) is 23.2 Å². The Kier molecular flexibility index (Phi) is 6.74. The van der Waals surface area contributed by atoms with Crippen LogP contribution >= 0.6 is 23.2 Å².